The average molecular weight is 353 g/mol. The molecule has 1 aromatic rings. The summed E-state index contributed by atoms with van der Waals surface area (Å²) in [6.07, 6.45) is 4.91. The first-order chi connectivity index (χ1) is 9.43. The van der Waals surface area contributed by atoms with E-state index >= 15 is 0 Å². The molecule has 0 spiro atoms. The summed E-state index contributed by atoms with van der Waals surface area (Å²) in [4.78, 5) is 1.09. The van der Waals surface area contributed by atoms with Gasteiger partial charge >= 0.3 is 0 Å². The van der Waals surface area contributed by atoms with E-state index in [1.165, 1.54) is 11.3 Å². The molecule has 0 amide bonds. The quantitative estimate of drug-likeness (QED) is 0.855. The fourth-order valence-corrected chi connectivity index (χ4v) is 5.75. The Kier molecular flexibility index (Phi) is 6.68. The number of halogens is 1. The van der Waals surface area contributed by atoms with E-state index in [9.17, 15) is 8.42 Å². The molecule has 1 aliphatic rings. The van der Waals surface area contributed by atoms with Gasteiger partial charge in [-0.2, -0.15) is 0 Å². The lowest BCUT2D eigenvalue weighted by atomic mass is 9.74. The predicted molar refractivity (Wildman–Crippen MR) is 90.7 cm³/mol. The summed E-state index contributed by atoms with van der Waals surface area (Å²) in [5, 5.41) is 0. The molecule has 1 aliphatic carbocycles. The fourth-order valence-electron chi connectivity index (χ4n) is 2.92. The van der Waals surface area contributed by atoms with Gasteiger partial charge in [-0.25, -0.2) is 13.1 Å². The normalized spacial score (nSPS) is 26.3. The number of nitrogens with one attached hydrogen (secondary N) is 1. The molecule has 21 heavy (non-hydrogen) atoms. The Bertz CT molecular complexity index is 559. The van der Waals surface area contributed by atoms with Crippen LogP contribution in [0, 0.1) is 5.92 Å². The topological polar surface area (TPSA) is 72.2 Å². The molecule has 7 heteroatoms. The predicted octanol–water partition coefficient (Wildman–Crippen LogP) is 2.92. The number of nitrogens with two attached hydrogens (primary N) is 1. The molecule has 1 aromatic heterocycles. The standard InChI is InChI=1S/C14H24N2O2S2.ClH/c1-3-12-7-8-13(19-12)20(17,18)16-14(10-15)9-5-4-6-11(14)2;/h7-8,11,16H,3-6,9-10,15H2,1-2H3;1H. The molecule has 1 heterocycles. The van der Waals surface area contributed by atoms with Crippen molar-refractivity contribution in [3.05, 3.63) is 17.0 Å². The zero-order valence-corrected chi connectivity index (χ0v) is 15.0. The summed E-state index contributed by atoms with van der Waals surface area (Å²) in [6, 6.07) is 3.59. The van der Waals surface area contributed by atoms with Gasteiger partial charge in [-0.1, -0.05) is 26.7 Å². The van der Waals surface area contributed by atoms with Crippen LogP contribution < -0.4 is 10.5 Å². The largest absolute Gasteiger partial charge is 0.329 e. The van der Waals surface area contributed by atoms with Gasteiger partial charge in [0.1, 0.15) is 4.21 Å². The minimum Gasteiger partial charge on any atom is -0.329 e. The second-order valence-corrected chi connectivity index (χ2v) is 8.76. The third-order valence-corrected chi connectivity index (χ3v) is 7.68. The lowest BCUT2D eigenvalue weighted by Crippen LogP contribution is -2.58. The Morgan fingerprint density at radius 1 is 1.43 bits per heavy atom. The maximum absolute atomic E-state index is 12.6. The molecular formula is C14H25ClN2O2S2. The van der Waals surface area contributed by atoms with Gasteiger partial charge in [0.15, 0.2) is 0 Å². The molecule has 3 N–H and O–H groups in total. The van der Waals surface area contributed by atoms with Gasteiger partial charge in [-0.05, 0) is 37.3 Å². The minimum atomic E-state index is -3.46. The SMILES string of the molecule is CCc1ccc(S(=O)(=O)NC2(CN)CCCCC2C)s1.Cl. The summed E-state index contributed by atoms with van der Waals surface area (Å²) in [6.45, 7) is 4.49. The van der Waals surface area contributed by atoms with Gasteiger partial charge in [0.05, 0.1) is 0 Å². The van der Waals surface area contributed by atoms with Crippen LogP contribution in [0.15, 0.2) is 16.3 Å². The van der Waals surface area contributed by atoms with E-state index in [4.69, 9.17) is 5.73 Å². The number of sulfonamides is 1. The van der Waals surface area contributed by atoms with Crippen LogP contribution in [0.3, 0.4) is 0 Å². The zero-order valence-electron chi connectivity index (χ0n) is 12.6. The monoisotopic (exact) mass is 352 g/mol. The highest BCUT2D eigenvalue weighted by Crippen LogP contribution is 2.35. The second-order valence-electron chi connectivity index (χ2n) is 5.69. The Hall–Kier alpha value is -0.140. The lowest BCUT2D eigenvalue weighted by molar-refractivity contribution is 0.191. The summed E-state index contributed by atoms with van der Waals surface area (Å²) in [5.41, 5.74) is 5.44. The Balaban J connectivity index is 0.00000220. The van der Waals surface area contributed by atoms with E-state index in [1.54, 1.807) is 6.07 Å². The molecule has 2 rings (SSSR count). The molecule has 1 fully saturated rings. The van der Waals surface area contributed by atoms with E-state index < -0.39 is 15.6 Å². The molecule has 0 saturated heterocycles. The van der Waals surface area contributed by atoms with Crippen molar-refractivity contribution in [2.24, 2.45) is 11.7 Å². The van der Waals surface area contributed by atoms with Crippen LogP contribution in [0.25, 0.3) is 0 Å². The van der Waals surface area contributed by atoms with Gasteiger partial charge in [-0.15, -0.1) is 23.7 Å². The molecule has 0 bridgehead atoms. The first kappa shape index (κ1) is 18.9. The van der Waals surface area contributed by atoms with E-state index in [-0.39, 0.29) is 18.3 Å². The maximum atomic E-state index is 12.6. The van der Waals surface area contributed by atoms with Gasteiger partial charge in [0.2, 0.25) is 0 Å². The third kappa shape index (κ3) is 3.99. The average Bonchev–Trinajstić information content (AvgIpc) is 2.91. The second kappa shape index (κ2) is 7.42. The van der Waals surface area contributed by atoms with Gasteiger partial charge in [0, 0.05) is 17.0 Å². The summed E-state index contributed by atoms with van der Waals surface area (Å²) in [7, 11) is -3.46. The van der Waals surface area contributed by atoms with E-state index in [0.717, 1.165) is 37.0 Å². The van der Waals surface area contributed by atoms with Crippen molar-refractivity contribution in [1.29, 1.82) is 0 Å². The highest BCUT2D eigenvalue weighted by molar-refractivity contribution is 7.91. The van der Waals surface area contributed by atoms with Gasteiger partial charge < -0.3 is 5.73 Å². The van der Waals surface area contributed by atoms with Crippen LogP contribution in [-0.4, -0.2) is 20.5 Å². The molecule has 1 saturated carbocycles. The lowest BCUT2D eigenvalue weighted by Gasteiger charge is -2.42. The molecule has 0 aliphatic heterocycles. The Morgan fingerprint density at radius 2 is 2.14 bits per heavy atom. The zero-order chi connectivity index (χ0) is 14.8. The number of thiophene rings is 1. The number of aryl methyl sites for hydroxylation is 1. The molecule has 122 valence electrons. The molecule has 0 aromatic carbocycles. The molecule has 0 radical (unpaired) electrons. The Morgan fingerprint density at radius 3 is 2.67 bits per heavy atom. The highest BCUT2D eigenvalue weighted by Gasteiger charge is 2.40. The van der Waals surface area contributed by atoms with Crippen LogP contribution in [0.2, 0.25) is 0 Å². The van der Waals surface area contributed by atoms with Crippen molar-refractivity contribution in [3.63, 3.8) is 0 Å². The van der Waals surface area contributed by atoms with Crippen LogP contribution in [0.1, 0.15) is 44.4 Å². The number of hydrogen-bond acceptors (Lipinski definition) is 4. The van der Waals surface area contributed by atoms with Crippen molar-refractivity contribution in [2.75, 3.05) is 6.54 Å². The van der Waals surface area contributed by atoms with Crippen molar-refractivity contribution >= 4 is 33.8 Å². The summed E-state index contributed by atoms with van der Waals surface area (Å²) < 4.78 is 28.5. The van der Waals surface area contributed by atoms with Crippen molar-refractivity contribution in [2.45, 2.75) is 55.7 Å². The van der Waals surface area contributed by atoms with Crippen molar-refractivity contribution in [1.82, 2.24) is 4.72 Å². The van der Waals surface area contributed by atoms with Crippen LogP contribution in [0.5, 0.6) is 0 Å². The Labute approximate surface area is 138 Å². The summed E-state index contributed by atoms with van der Waals surface area (Å²) in [5.74, 6) is 0.279. The number of rotatable bonds is 5. The molecule has 2 atom stereocenters. The smallest absolute Gasteiger partial charge is 0.250 e. The van der Waals surface area contributed by atoms with Crippen LogP contribution >= 0.6 is 23.7 Å². The van der Waals surface area contributed by atoms with Crippen LogP contribution in [-0.2, 0) is 16.4 Å². The first-order valence-corrected chi connectivity index (χ1v) is 9.56. The maximum Gasteiger partial charge on any atom is 0.250 e. The fraction of sp³-hybridized carbons (Fsp3) is 0.714. The van der Waals surface area contributed by atoms with Crippen LogP contribution in [0.4, 0.5) is 0 Å². The van der Waals surface area contributed by atoms with Gasteiger partial charge in [-0.3, -0.25) is 0 Å². The number of hydrogen-bond donors (Lipinski definition) is 2. The van der Waals surface area contributed by atoms with Crippen molar-refractivity contribution in [3.8, 4) is 0 Å². The van der Waals surface area contributed by atoms with E-state index in [2.05, 4.69) is 11.6 Å². The third-order valence-electron chi connectivity index (χ3n) is 4.41. The van der Waals surface area contributed by atoms with E-state index in [1.807, 2.05) is 13.0 Å². The highest BCUT2D eigenvalue weighted by atomic mass is 35.5. The van der Waals surface area contributed by atoms with Gasteiger partial charge in [0.25, 0.3) is 10.0 Å². The molecule has 2 unspecified atom stereocenters. The minimum absolute atomic E-state index is 0. The van der Waals surface area contributed by atoms with E-state index in [0.29, 0.717) is 10.8 Å². The summed E-state index contributed by atoms with van der Waals surface area (Å²) >= 11 is 1.35. The molecule has 4 nitrogen and oxygen atoms in total. The molecular weight excluding hydrogens is 328 g/mol. The van der Waals surface area contributed by atoms with Crippen molar-refractivity contribution < 1.29 is 8.42 Å². The first-order valence-electron chi connectivity index (χ1n) is 7.26.